The molecule has 0 radical (unpaired) electrons. The maximum absolute atomic E-state index is 2.65. The van der Waals surface area contributed by atoms with Gasteiger partial charge in [0.25, 0.3) is 0 Å². The third kappa shape index (κ3) is 4.37. The summed E-state index contributed by atoms with van der Waals surface area (Å²) in [5, 5.41) is 2.59. The van der Waals surface area contributed by atoms with Crippen molar-refractivity contribution in [1.29, 1.82) is 0 Å². The van der Waals surface area contributed by atoms with E-state index in [0.717, 1.165) is 35.5 Å². The van der Waals surface area contributed by atoms with Gasteiger partial charge in [-0.05, 0) is 178 Å². The molecule has 8 aliphatic rings. The second kappa shape index (κ2) is 12.1. The first-order valence-electron chi connectivity index (χ1n) is 23.0. The zero-order chi connectivity index (χ0) is 38.5. The summed E-state index contributed by atoms with van der Waals surface area (Å²) < 4.78 is 0. The fourth-order valence-corrected chi connectivity index (χ4v) is 15.7. The van der Waals surface area contributed by atoms with Crippen molar-refractivity contribution >= 4 is 27.8 Å². The quantitative estimate of drug-likeness (QED) is 0.173. The van der Waals surface area contributed by atoms with Crippen molar-refractivity contribution < 1.29 is 0 Å². The Morgan fingerprint density at radius 2 is 1.02 bits per heavy atom. The van der Waals surface area contributed by atoms with Crippen molar-refractivity contribution in [1.82, 2.24) is 0 Å². The molecule has 59 heavy (non-hydrogen) atoms. The maximum Gasteiger partial charge on any atom is 0.0540 e. The molecule has 7 aromatic rings. The number of benzene rings is 7. The van der Waals surface area contributed by atoms with Crippen LogP contribution in [0.15, 0.2) is 152 Å². The van der Waals surface area contributed by atoms with Crippen LogP contribution in [0.25, 0.3) is 44.2 Å². The van der Waals surface area contributed by atoms with E-state index in [0.29, 0.717) is 0 Å². The lowest BCUT2D eigenvalue weighted by atomic mass is 9.51. The highest BCUT2D eigenvalue weighted by Gasteiger charge is 2.60. The number of fused-ring (bicyclic) bond motifs is 13. The van der Waals surface area contributed by atoms with E-state index < -0.39 is 0 Å². The summed E-state index contributed by atoms with van der Waals surface area (Å²) in [5.74, 6) is 4.91. The fraction of sp³-hybridized carbons (Fsp3) is 0.310. The normalized spacial score (nSPS) is 29.8. The van der Waals surface area contributed by atoms with Gasteiger partial charge >= 0.3 is 0 Å². The van der Waals surface area contributed by atoms with Gasteiger partial charge in [0.1, 0.15) is 0 Å². The van der Waals surface area contributed by atoms with Crippen molar-refractivity contribution in [3.05, 3.63) is 174 Å². The molecule has 15 rings (SSSR count). The van der Waals surface area contributed by atoms with Crippen molar-refractivity contribution in [3.63, 3.8) is 0 Å². The molecule has 288 valence electrons. The Kier molecular flexibility index (Phi) is 6.85. The first-order valence-corrected chi connectivity index (χ1v) is 23.0. The monoisotopic (exact) mass is 761 g/mol. The smallest absolute Gasteiger partial charge is 0.0540 e. The molecular weight excluding hydrogens is 711 g/mol. The largest absolute Gasteiger partial charge is 0.310 e. The lowest BCUT2D eigenvalue weighted by molar-refractivity contribution is 0.0618. The molecule has 1 nitrogen and oxygen atoms in total. The molecule has 8 unspecified atom stereocenters. The summed E-state index contributed by atoms with van der Waals surface area (Å²) in [6.07, 6.45) is 14.0. The van der Waals surface area contributed by atoms with Crippen LogP contribution in [-0.4, -0.2) is 0 Å². The summed E-state index contributed by atoms with van der Waals surface area (Å²) in [6.45, 7) is 0. The van der Waals surface area contributed by atoms with Crippen LogP contribution in [0.4, 0.5) is 17.1 Å². The molecule has 0 N–H and O–H groups in total. The topological polar surface area (TPSA) is 3.24 Å². The van der Waals surface area contributed by atoms with Gasteiger partial charge in [-0.25, -0.2) is 0 Å². The Morgan fingerprint density at radius 3 is 1.86 bits per heavy atom. The van der Waals surface area contributed by atoms with E-state index in [-0.39, 0.29) is 10.8 Å². The molecule has 1 heteroatoms. The summed E-state index contributed by atoms with van der Waals surface area (Å²) in [6, 6.07) is 59.4. The van der Waals surface area contributed by atoms with Gasteiger partial charge in [0.2, 0.25) is 0 Å². The molecule has 0 aliphatic heterocycles. The van der Waals surface area contributed by atoms with Gasteiger partial charge in [-0.3, -0.25) is 0 Å². The first-order chi connectivity index (χ1) is 29.2. The van der Waals surface area contributed by atoms with Gasteiger partial charge in [0, 0.05) is 27.6 Å². The number of nitrogens with zero attached hydrogens (tertiary/aromatic N) is 1. The molecule has 2 spiro atoms. The summed E-state index contributed by atoms with van der Waals surface area (Å²) >= 11 is 0. The van der Waals surface area contributed by atoms with E-state index in [1.165, 1.54) is 125 Å². The van der Waals surface area contributed by atoms with E-state index in [1.807, 2.05) is 0 Å². The second-order valence-electron chi connectivity index (χ2n) is 20.0. The molecule has 6 saturated carbocycles. The van der Waals surface area contributed by atoms with Gasteiger partial charge in [-0.15, -0.1) is 0 Å². The van der Waals surface area contributed by atoms with Crippen molar-refractivity contribution in [2.45, 2.75) is 75.0 Å². The van der Waals surface area contributed by atoms with Crippen molar-refractivity contribution in [2.24, 2.45) is 35.5 Å². The average Bonchev–Trinajstić information content (AvgIpc) is 4.01. The first kappa shape index (κ1) is 33.4. The van der Waals surface area contributed by atoms with E-state index in [1.54, 1.807) is 22.3 Å². The third-order valence-corrected chi connectivity index (χ3v) is 17.6. The molecule has 8 atom stereocenters. The zero-order valence-electron chi connectivity index (χ0n) is 33.9. The lowest BCUT2D eigenvalue weighted by Crippen LogP contribution is -2.48. The molecule has 0 aromatic heterocycles. The van der Waals surface area contributed by atoms with Crippen LogP contribution in [0.5, 0.6) is 0 Å². The lowest BCUT2D eigenvalue weighted by Gasteiger charge is -2.53. The van der Waals surface area contributed by atoms with Gasteiger partial charge < -0.3 is 4.90 Å². The molecule has 0 heterocycles. The summed E-state index contributed by atoms with van der Waals surface area (Å²) in [7, 11) is 0. The van der Waals surface area contributed by atoms with Gasteiger partial charge in [-0.2, -0.15) is 0 Å². The van der Waals surface area contributed by atoms with Crippen LogP contribution in [0.3, 0.4) is 0 Å². The Hall–Kier alpha value is -5.40. The van der Waals surface area contributed by atoms with Crippen molar-refractivity contribution in [3.8, 4) is 33.4 Å². The van der Waals surface area contributed by atoms with Crippen LogP contribution >= 0.6 is 0 Å². The predicted molar refractivity (Wildman–Crippen MR) is 244 cm³/mol. The highest BCUT2D eigenvalue weighted by atomic mass is 15.1. The van der Waals surface area contributed by atoms with Crippen LogP contribution in [0, 0.1) is 35.5 Å². The second-order valence-corrected chi connectivity index (χ2v) is 20.0. The Labute approximate surface area is 349 Å². The van der Waals surface area contributed by atoms with Crippen LogP contribution in [0.1, 0.15) is 86.5 Å². The van der Waals surface area contributed by atoms with E-state index in [4.69, 9.17) is 0 Å². The molecular formula is C58H51N. The highest BCUT2D eigenvalue weighted by Crippen LogP contribution is 2.69. The number of rotatable bonds is 4. The molecule has 6 bridgehead atoms. The van der Waals surface area contributed by atoms with Crippen LogP contribution in [0.2, 0.25) is 0 Å². The Balaban J connectivity index is 1.01. The van der Waals surface area contributed by atoms with Gasteiger partial charge in [0.05, 0.1) is 5.69 Å². The van der Waals surface area contributed by atoms with Crippen LogP contribution < -0.4 is 4.90 Å². The highest BCUT2D eigenvalue weighted by molar-refractivity contribution is 6.06. The maximum atomic E-state index is 2.65. The number of anilines is 3. The summed E-state index contributed by atoms with van der Waals surface area (Å²) in [5.41, 5.74) is 19.0. The third-order valence-electron chi connectivity index (χ3n) is 17.6. The van der Waals surface area contributed by atoms with Gasteiger partial charge in [-0.1, -0.05) is 134 Å². The standard InChI is InChI=1S/C58H51N/c1-2-10-39(11-3-1)45-25-27-56(50-15-5-4-12-46(45)50)59(44-22-24-49-47-13-6-8-16-52(47)57(55(49)34-44)35-37-19-20-40(57)30-37)43-23-26-54-51(33-43)48-14-7-9-17-53(48)58(54)41-21-18-36-28-38(31-41)32-42(58)29-36/h1-17,22-27,33-34,36-38,40-42H,18-21,28-32,35H2. The minimum absolute atomic E-state index is 0.122. The molecule has 0 saturated heterocycles. The van der Waals surface area contributed by atoms with Crippen molar-refractivity contribution in [2.75, 3.05) is 4.90 Å². The average molecular weight is 762 g/mol. The van der Waals surface area contributed by atoms with Gasteiger partial charge in [0.15, 0.2) is 0 Å². The summed E-state index contributed by atoms with van der Waals surface area (Å²) in [4.78, 5) is 2.65. The Morgan fingerprint density at radius 1 is 0.390 bits per heavy atom. The molecule has 6 fully saturated rings. The van der Waals surface area contributed by atoms with E-state index in [9.17, 15) is 0 Å². The van der Waals surface area contributed by atoms with Crippen LogP contribution in [-0.2, 0) is 10.8 Å². The number of hydrogen-bond acceptors (Lipinski definition) is 1. The molecule has 0 amide bonds. The fourth-order valence-electron chi connectivity index (χ4n) is 15.7. The van der Waals surface area contributed by atoms with E-state index in [2.05, 4.69) is 157 Å². The zero-order valence-corrected chi connectivity index (χ0v) is 33.9. The molecule has 7 aromatic carbocycles. The Bertz CT molecular complexity index is 2860. The molecule has 8 aliphatic carbocycles. The number of hydrogen-bond donors (Lipinski definition) is 0. The predicted octanol–water partition coefficient (Wildman–Crippen LogP) is 15.2. The minimum Gasteiger partial charge on any atom is -0.310 e. The van der Waals surface area contributed by atoms with E-state index >= 15 is 0 Å². The minimum atomic E-state index is 0.122. The SMILES string of the molecule is c1ccc(-c2ccc(N(c3ccc4c(c3)-c3ccccc3C43C4CCC5CC(C4)CC3C5)c3ccc4c(c3)C3(CC5CCC3C5)c3ccccc3-4)c3ccccc23)cc1.